The SMILES string of the molecule is CCCCCCC/C=C\C/C=C\C/C=C\CCCCCCCCCCCCCCCCCCC(=O)OCC(COC(=O)CCCCCCCCCCCCC)OC(=O)CCCCCCC/C=C\CCCCCCCCC. The van der Waals surface area contributed by atoms with Gasteiger partial charge in [-0.25, -0.2) is 0 Å². The van der Waals surface area contributed by atoms with Crippen molar-refractivity contribution >= 4 is 17.9 Å². The number of carbonyl (C=O) groups excluding carboxylic acids is 3. The molecule has 0 aliphatic carbocycles. The van der Waals surface area contributed by atoms with Crippen molar-refractivity contribution < 1.29 is 28.6 Å². The molecular weight excluding hydrogens is 937 g/mol. The Kier molecular flexibility index (Phi) is 62.6. The van der Waals surface area contributed by atoms with Crippen molar-refractivity contribution in [2.24, 2.45) is 0 Å². The summed E-state index contributed by atoms with van der Waals surface area (Å²) in [6.45, 7) is 6.66. The molecule has 76 heavy (non-hydrogen) atoms. The number of allylic oxidation sites excluding steroid dienone is 8. The van der Waals surface area contributed by atoms with Crippen LogP contribution in [0.3, 0.4) is 0 Å². The van der Waals surface area contributed by atoms with Crippen LogP contribution in [0.5, 0.6) is 0 Å². The van der Waals surface area contributed by atoms with Gasteiger partial charge in [-0.1, -0.05) is 307 Å². The fourth-order valence-corrected chi connectivity index (χ4v) is 9.98. The summed E-state index contributed by atoms with van der Waals surface area (Å²) in [4.78, 5) is 38.2. The third kappa shape index (κ3) is 62.2. The molecule has 0 rings (SSSR count). The molecule has 0 bridgehead atoms. The maximum atomic E-state index is 12.9. The fraction of sp³-hybridized carbons (Fsp3) is 0.843. The molecule has 0 aromatic heterocycles. The van der Waals surface area contributed by atoms with Gasteiger partial charge in [0.1, 0.15) is 13.2 Å². The topological polar surface area (TPSA) is 78.9 Å². The Bertz CT molecular complexity index is 1310. The first-order valence-electron chi connectivity index (χ1n) is 33.6. The van der Waals surface area contributed by atoms with Crippen LogP contribution in [-0.4, -0.2) is 37.2 Å². The van der Waals surface area contributed by atoms with E-state index >= 15 is 0 Å². The predicted molar refractivity (Wildman–Crippen MR) is 330 cm³/mol. The summed E-state index contributed by atoms with van der Waals surface area (Å²) in [6, 6.07) is 0. The minimum atomic E-state index is -0.774. The second kappa shape index (κ2) is 64.9. The Morgan fingerprint density at radius 3 is 0.750 bits per heavy atom. The number of esters is 3. The molecule has 6 heteroatoms. The number of hydrogen-bond donors (Lipinski definition) is 0. The standard InChI is InChI=1S/C70H128O6/c1-4-7-10-13-16-19-22-24-26-28-29-30-31-32-33-34-35-36-37-38-39-40-41-42-44-45-48-51-54-57-60-63-69(72)75-66-67(65-74-68(71)62-59-56-53-50-47-21-18-15-12-9-6-3)76-70(73)64-61-58-55-52-49-46-43-27-25-23-20-17-14-11-8-5-2/h22,24,27-29,31-32,43,67H,4-21,23,25-26,30,33-42,44-66H2,1-3H3/b24-22-,29-28-,32-31-,43-27-. The van der Waals surface area contributed by atoms with E-state index in [4.69, 9.17) is 14.2 Å². The second-order valence-corrected chi connectivity index (χ2v) is 22.7. The molecule has 0 heterocycles. The average molecular weight is 1070 g/mol. The molecule has 0 fully saturated rings. The van der Waals surface area contributed by atoms with Gasteiger partial charge in [0.25, 0.3) is 0 Å². The Morgan fingerprint density at radius 1 is 0.263 bits per heavy atom. The summed E-state index contributed by atoms with van der Waals surface area (Å²) < 4.78 is 16.9. The van der Waals surface area contributed by atoms with Gasteiger partial charge in [-0.3, -0.25) is 14.4 Å². The number of rotatable bonds is 62. The van der Waals surface area contributed by atoms with Gasteiger partial charge in [0, 0.05) is 19.3 Å². The lowest BCUT2D eigenvalue weighted by Crippen LogP contribution is -2.30. The van der Waals surface area contributed by atoms with E-state index in [9.17, 15) is 14.4 Å². The minimum Gasteiger partial charge on any atom is -0.462 e. The first-order valence-corrected chi connectivity index (χ1v) is 33.6. The van der Waals surface area contributed by atoms with E-state index in [1.54, 1.807) is 0 Å². The molecule has 0 aliphatic rings. The lowest BCUT2D eigenvalue weighted by atomic mass is 10.0. The van der Waals surface area contributed by atoms with Crippen LogP contribution in [-0.2, 0) is 28.6 Å². The molecule has 0 radical (unpaired) electrons. The summed E-state index contributed by atoms with van der Waals surface area (Å²) in [5.74, 6) is -0.860. The maximum Gasteiger partial charge on any atom is 0.306 e. The van der Waals surface area contributed by atoms with E-state index in [0.29, 0.717) is 19.3 Å². The summed E-state index contributed by atoms with van der Waals surface area (Å²) >= 11 is 0. The van der Waals surface area contributed by atoms with E-state index < -0.39 is 6.10 Å². The molecule has 0 spiro atoms. The lowest BCUT2D eigenvalue weighted by Gasteiger charge is -2.18. The average Bonchev–Trinajstić information content (AvgIpc) is 3.42. The van der Waals surface area contributed by atoms with Gasteiger partial charge < -0.3 is 14.2 Å². The van der Waals surface area contributed by atoms with Crippen molar-refractivity contribution in [1.82, 2.24) is 0 Å². The molecule has 0 aliphatic heterocycles. The van der Waals surface area contributed by atoms with Crippen LogP contribution in [0.4, 0.5) is 0 Å². The van der Waals surface area contributed by atoms with E-state index in [1.165, 1.54) is 244 Å². The highest BCUT2D eigenvalue weighted by atomic mass is 16.6. The second-order valence-electron chi connectivity index (χ2n) is 22.7. The molecule has 0 saturated heterocycles. The van der Waals surface area contributed by atoms with Crippen LogP contribution in [0.15, 0.2) is 48.6 Å². The minimum absolute atomic E-state index is 0.0715. The molecule has 0 saturated carbocycles. The Balaban J connectivity index is 4.13. The zero-order chi connectivity index (χ0) is 55.0. The third-order valence-corrected chi connectivity index (χ3v) is 15.1. The van der Waals surface area contributed by atoms with Crippen LogP contribution < -0.4 is 0 Å². The van der Waals surface area contributed by atoms with Crippen molar-refractivity contribution in [1.29, 1.82) is 0 Å². The Morgan fingerprint density at radius 2 is 0.474 bits per heavy atom. The smallest absolute Gasteiger partial charge is 0.306 e. The summed E-state index contributed by atoms with van der Waals surface area (Å²) in [7, 11) is 0. The van der Waals surface area contributed by atoms with Gasteiger partial charge in [0.05, 0.1) is 0 Å². The highest BCUT2D eigenvalue weighted by Crippen LogP contribution is 2.17. The largest absolute Gasteiger partial charge is 0.462 e. The predicted octanol–water partition coefficient (Wildman–Crippen LogP) is 22.9. The number of carbonyl (C=O) groups is 3. The Labute approximate surface area is 473 Å². The molecule has 1 unspecified atom stereocenters. The van der Waals surface area contributed by atoms with Gasteiger partial charge in [0.15, 0.2) is 6.10 Å². The maximum absolute atomic E-state index is 12.9. The zero-order valence-electron chi connectivity index (χ0n) is 51.0. The van der Waals surface area contributed by atoms with Crippen LogP contribution in [0.2, 0.25) is 0 Å². The van der Waals surface area contributed by atoms with E-state index in [0.717, 1.165) is 77.0 Å². The molecule has 0 aromatic rings. The van der Waals surface area contributed by atoms with Gasteiger partial charge in [-0.2, -0.15) is 0 Å². The van der Waals surface area contributed by atoms with E-state index in [1.807, 2.05) is 0 Å². The number of hydrogen-bond acceptors (Lipinski definition) is 6. The molecule has 0 aromatic carbocycles. The molecule has 444 valence electrons. The van der Waals surface area contributed by atoms with E-state index in [-0.39, 0.29) is 31.1 Å². The van der Waals surface area contributed by atoms with Crippen molar-refractivity contribution in [3.63, 3.8) is 0 Å². The molecule has 0 N–H and O–H groups in total. The summed E-state index contributed by atoms with van der Waals surface area (Å²) in [6.07, 6.45) is 81.4. The number of unbranched alkanes of at least 4 members (excludes halogenated alkanes) is 43. The summed E-state index contributed by atoms with van der Waals surface area (Å²) in [5.41, 5.74) is 0. The normalized spacial score (nSPS) is 12.3. The third-order valence-electron chi connectivity index (χ3n) is 15.1. The quantitative estimate of drug-likeness (QED) is 0.0261. The van der Waals surface area contributed by atoms with Gasteiger partial charge in [-0.15, -0.1) is 0 Å². The van der Waals surface area contributed by atoms with Crippen LogP contribution in [0, 0.1) is 0 Å². The Hall–Kier alpha value is -2.63. The van der Waals surface area contributed by atoms with Crippen LogP contribution in [0.1, 0.15) is 361 Å². The van der Waals surface area contributed by atoms with Gasteiger partial charge in [0.2, 0.25) is 0 Å². The lowest BCUT2D eigenvalue weighted by molar-refractivity contribution is -0.167. The van der Waals surface area contributed by atoms with Crippen molar-refractivity contribution in [2.45, 2.75) is 367 Å². The van der Waals surface area contributed by atoms with E-state index in [2.05, 4.69) is 69.4 Å². The molecule has 6 nitrogen and oxygen atoms in total. The first-order chi connectivity index (χ1) is 37.5. The highest BCUT2D eigenvalue weighted by molar-refractivity contribution is 5.71. The number of ether oxygens (including phenoxy) is 3. The monoisotopic (exact) mass is 1060 g/mol. The first kappa shape index (κ1) is 73.4. The van der Waals surface area contributed by atoms with Crippen molar-refractivity contribution in [3.8, 4) is 0 Å². The highest BCUT2D eigenvalue weighted by Gasteiger charge is 2.19. The molecular formula is C70H128O6. The van der Waals surface area contributed by atoms with Crippen molar-refractivity contribution in [2.75, 3.05) is 13.2 Å². The van der Waals surface area contributed by atoms with Gasteiger partial charge >= 0.3 is 17.9 Å². The van der Waals surface area contributed by atoms with Gasteiger partial charge in [-0.05, 0) is 83.5 Å². The summed E-state index contributed by atoms with van der Waals surface area (Å²) in [5, 5.41) is 0. The van der Waals surface area contributed by atoms with Crippen LogP contribution >= 0.6 is 0 Å². The van der Waals surface area contributed by atoms with Crippen LogP contribution in [0.25, 0.3) is 0 Å². The van der Waals surface area contributed by atoms with Crippen molar-refractivity contribution in [3.05, 3.63) is 48.6 Å². The molecule has 1 atom stereocenters. The molecule has 0 amide bonds. The zero-order valence-corrected chi connectivity index (χ0v) is 51.0. The fourth-order valence-electron chi connectivity index (χ4n) is 9.98.